The van der Waals surface area contributed by atoms with Crippen molar-refractivity contribution in [2.75, 3.05) is 18.5 Å². The Morgan fingerprint density at radius 2 is 1.80 bits per heavy atom. The maximum atomic E-state index is 12.1. The molecule has 0 bridgehead atoms. The molecule has 0 spiro atoms. The molecule has 0 aliphatic carbocycles. The average molecular weight is 340 g/mol. The van der Waals surface area contributed by atoms with Gasteiger partial charge in [-0.2, -0.15) is 0 Å². The van der Waals surface area contributed by atoms with Crippen molar-refractivity contribution >= 4 is 11.7 Å². The molecule has 2 aromatic carbocycles. The van der Waals surface area contributed by atoms with Crippen molar-refractivity contribution in [1.82, 2.24) is 5.32 Å². The summed E-state index contributed by atoms with van der Waals surface area (Å²) in [7, 11) is 0. The first-order valence-electron chi connectivity index (χ1n) is 8.62. The number of hydrogen-bond acceptors (Lipinski definition) is 2. The van der Waals surface area contributed by atoms with Gasteiger partial charge >= 0.3 is 6.03 Å². The Balaban J connectivity index is 1.85. The fourth-order valence-electron chi connectivity index (χ4n) is 2.60. The molecule has 0 aliphatic rings. The Kier molecular flexibility index (Phi) is 6.07. The zero-order chi connectivity index (χ0) is 18.4. The number of carbonyl (C=O) groups is 1. The second kappa shape index (κ2) is 8.06. The van der Waals surface area contributed by atoms with Gasteiger partial charge in [-0.1, -0.05) is 51.1 Å². The van der Waals surface area contributed by atoms with Crippen LogP contribution in [0.5, 0.6) is 5.75 Å². The van der Waals surface area contributed by atoms with Crippen LogP contribution in [-0.2, 0) is 5.41 Å². The summed E-state index contributed by atoms with van der Waals surface area (Å²) in [5, 5.41) is 5.77. The van der Waals surface area contributed by atoms with Crippen LogP contribution in [0, 0.1) is 13.8 Å². The Hall–Kier alpha value is -2.49. The summed E-state index contributed by atoms with van der Waals surface area (Å²) in [6, 6.07) is 13.8. The molecule has 2 rings (SSSR count). The number of carbonyl (C=O) groups excluding carboxylic acids is 1. The number of amides is 2. The van der Waals surface area contributed by atoms with Gasteiger partial charge < -0.3 is 15.4 Å². The normalized spacial score (nSPS) is 11.1. The number of benzene rings is 2. The fraction of sp³-hybridized carbons (Fsp3) is 0.381. The molecule has 2 aromatic rings. The molecule has 0 atom stereocenters. The number of aryl methyl sites for hydroxylation is 2. The summed E-state index contributed by atoms with van der Waals surface area (Å²) in [5.74, 6) is 0.861. The number of hydrogen-bond donors (Lipinski definition) is 2. The first-order valence-corrected chi connectivity index (χ1v) is 8.62. The van der Waals surface area contributed by atoms with E-state index in [1.54, 1.807) is 0 Å². The largest absolute Gasteiger partial charge is 0.491 e. The van der Waals surface area contributed by atoms with Crippen LogP contribution in [-0.4, -0.2) is 19.2 Å². The number of para-hydroxylation sites is 1. The molecule has 25 heavy (non-hydrogen) atoms. The van der Waals surface area contributed by atoms with Crippen molar-refractivity contribution in [2.24, 2.45) is 0 Å². The highest BCUT2D eigenvalue weighted by Crippen LogP contribution is 2.29. The van der Waals surface area contributed by atoms with Crippen LogP contribution >= 0.6 is 0 Å². The van der Waals surface area contributed by atoms with Crippen LogP contribution < -0.4 is 15.4 Å². The summed E-state index contributed by atoms with van der Waals surface area (Å²) in [6.45, 7) is 11.3. The molecule has 0 radical (unpaired) electrons. The van der Waals surface area contributed by atoms with Crippen molar-refractivity contribution in [2.45, 2.75) is 40.0 Å². The number of urea groups is 1. The third-order valence-electron chi connectivity index (χ3n) is 3.97. The average Bonchev–Trinajstić information content (AvgIpc) is 2.54. The molecule has 0 saturated carbocycles. The zero-order valence-electron chi connectivity index (χ0n) is 15.8. The second-order valence-electron chi connectivity index (χ2n) is 7.29. The fourth-order valence-corrected chi connectivity index (χ4v) is 2.60. The highest BCUT2D eigenvalue weighted by molar-refractivity contribution is 5.90. The van der Waals surface area contributed by atoms with E-state index in [1.807, 2.05) is 50.2 Å². The zero-order valence-corrected chi connectivity index (χ0v) is 15.8. The van der Waals surface area contributed by atoms with Crippen molar-refractivity contribution in [3.05, 3.63) is 59.2 Å². The van der Waals surface area contributed by atoms with Gasteiger partial charge in [0.25, 0.3) is 0 Å². The number of nitrogens with one attached hydrogen (secondary N) is 2. The van der Waals surface area contributed by atoms with E-state index in [1.165, 1.54) is 0 Å². The maximum absolute atomic E-state index is 12.1. The van der Waals surface area contributed by atoms with Crippen molar-refractivity contribution in [3.8, 4) is 5.75 Å². The Bertz CT molecular complexity index is 733. The Morgan fingerprint density at radius 3 is 2.52 bits per heavy atom. The molecule has 4 nitrogen and oxygen atoms in total. The van der Waals surface area contributed by atoms with Crippen LogP contribution in [0.1, 0.15) is 37.5 Å². The summed E-state index contributed by atoms with van der Waals surface area (Å²) in [5.41, 5.74) is 4.16. The molecule has 2 amide bonds. The lowest BCUT2D eigenvalue weighted by Gasteiger charge is -2.23. The molecule has 4 heteroatoms. The predicted molar refractivity (Wildman–Crippen MR) is 104 cm³/mol. The van der Waals surface area contributed by atoms with Crippen molar-refractivity contribution in [3.63, 3.8) is 0 Å². The lowest BCUT2D eigenvalue weighted by atomic mass is 9.86. The summed E-state index contributed by atoms with van der Waals surface area (Å²) in [6.07, 6.45) is 0. The summed E-state index contributed by atoms with van der Waals surface area (Å²) in [4.78, 5) is 12.1. The van der Waals surface area contributed by atoms with Gasteiger partial charge in [-0.15, -0.1) is 0 Å². The van der Waals surface area contributed by atoms with Gasteiger partial charge in [-0.05, 0) is 48.1 Å². The van der Waals surface area contributed by atoms with E-state index in [-0.39, 0.29) is 11.4 Å². The van der Waals surface area contributed by atoms with Gasteiger partial charge in [-0.3, -0.25) is 0 Å². The molecule has 0 fully saturated rings. The van der Waals surface area contributed by atoms with Gasteiger partial charge in [0.15, 0.2) is 0 Å². The van der Waals surface area contributed by atoms with E-state index in [4.69, 9.17) is 4.74 Å². The standard InChI is InChI=1S/C21H28N2O2/c1-15-10-11-16(2)19(14-15)25-13-12-22-20(24)23-18-9-7-6-8-17(18)21(3,4)5/h6-11,14H,12-13H2,1-5H3,(H2,22,23,24). The summed E-state index contributed by atoms with van der Waals surface area (Å²) >= 11 is 0. The van der Waals surface area contributed by atoms with E-state index in [0.29, 0.717) is 13.2 Å². The van der Waals surface area contributed by atoms with Gasteiger partial charge in [0.2, 0.25) is 0 Å². The lowest BCUT2D eigenvalue weighted by molar-refractivity contribution is 0.247. The van der Waals surface area contributed by atoms with E-state index >= 15 is 0 Å². The molecule has 134 valence electrons. The van der Waals surface area contributed by atoms with Crippen LogP contribution in [0.3, 0.4) is 0 Å². The topological polar surface area (TPSA) is 50.4 Å². The van der Waals surface area contributed by atoms with Gasteiger partial charge in [0.1, 0.15) is 12.4 Å². The summed E-state index contributed by atoms with van der Waals surface area (Å²) < 4.78 is 5.75. The minimum absolute atomic E-state index is 0.0321. The second-order valence-corrected chi connectivity index (χ2v) is 7.29. The van der Waals surface area contributed by atoms with Crippen molar-refractivity contribution in [1.29, 1.82) is 0 Å². The minimum Gasteiger partial charge on any atom is -0.491 e. The third-order valence-corrected chi connectivity index (χ3v) is 3.97. The first-order chi connectivity index (χ1) is 11.8. The predicted octanol–water partition coefficient (Wildman–Crippen LogP) is 4.80. The molecular weight excluding hydrogens is 312 g/mol. The maximum Gasteiger partial charge on any atom is 0.319 e. The minimum atomic E-state index is -0.221. The quantitative estimate of drug-likeness (QED) is 0.768. The third kappa shape index (κ3) is 5.52. The van der Waals surface area contributed by atoms with Crippen LogP contribution in [0.4, 0.5) is 10.5 Å². The van der Waals surface area contributed by atoms with E-state index < -0.39 is 0 Å². The molecule has 0 saturated heterocycles. The van der Waals surface area contributed by atoms with E-state index in [2.05, 4.69) is 37.5 Å². The van der Waals surface area contributed by atoms with Gasteiger partial charge in [-0.25, -0.2) is 4.79 Å². The number of anilines is 1. The highest BCUT2D eigenvalue weighted by atomic mass is 16.5. The lowest BCUT2D eigenvalue weighted by Crippen LogP contribution is -2.33. The molecule has 0 unspecified atom stereocenters. The Labute approximate surface area is 150 Å². The number of ether oxygens (including phenoxy) is 1. The van der Waals surface area contributed by atoms with Crippen LogP contribution in [0.25, 0.3) is 0 Å². The molecule has 0 aliphatic heterocycles. The van der Waals surface area contributed by atoms with Crippen LogP contribution in [0.2, 0.25) is 0 Å². The van der Waals surface area contributed by atoms with E-state index in [0.717, 1.165) is 28.1 Å². The molecule has 2 N–H and O–H groups in total. The van der Waals surface area contributed by atoms with Gasteiger partial charge in [0.05, 0.1) is 6.54 Å². The first kappa shape index (κ1) is 18.8. The van der Waals surface area contributed by atoms with E-state index in [9.17, 15) is 4.79 Å². The van der Waals surface area contributed by atoms with Crippen LogP contribution in [0.15, 0.2) is 42.5 Å². The van der Waals surface area contributed by atoms with Gasteiger partial charge in [0, 0.05) is 5.69 Å². The smallest absolute Gasteiger partial charge is 0.319 e. The molecule has 0 heterocycles. The monoisotopic (exact) mass is 340 g/mol. The SMILES string of the molecule is Cc1ccc(C)c(OCCNC(=O)Nc2ccccc2C(C)(C)C)c1. The molecular formula is C21H28N2O2. The van der Waals surface area contributed by atoms with Crippen molar-refractivity contribution < 1.29 is 9.53 Å². The highest BCUT2D eigenvalue weighted by Gasteiger charge is 2.18. The number of rotatable bonds is 5. The molecule has 0 aromatic heterocycles. The Morgan fingerprint density at radius 1 is 1.08 bits per heavy atom.